The third-order valence-corrected chi connectivity index (χ3v) is 4.32. The molecule has 0 saturated carbocycles. The monoisotopic (exact) mass is 276 g/mol. The Kier molecular flexibility index (Phi) is 6.02. The lowest BCUT2D eigenvalue weighted by Crippen LogP contribution is -2.43. The SMILES string of the molecule is CCC1CN(CCC(NC)c2ccccc2C)CCO1. The van der Waals surface area contributed by atoms with Gasteiger partial charge in [0.25, 0.3) is 0 Å². The van der Waals surface area contributed by atoms with E-state index >= 15 is 0 Å². The Labute approximate surface area is 123 Å². The van der Waals surface area contributed by atoms with E-state index in [1.54, 1.807) is 0 Å². The predicted octanol–water partition coefficient (Wildman–Crippen LogP) is 2.76. The molecule has 2 unspecified atom stereocenters. The quantitative estimate of drug-likeness (QED) is 0.864. The minimum Gasteiger partial charge on any atom is -0.376 e. The van der Waals surface area contributed by atoms with Crippen molar-refractivity contribution in [2.45, 2.75) is 38.8 Å². The number of nitrogens with zero attached hydrogens (tertiary/aromatic N) is 1. The van der Waals surface area contributed by atoms with Gasteiger partial charge in [-0.2, -0.15) is 0 Å². The molecule has 2 atom stereocenters. The van der Waals surface area contributed by atoms with Crippen molar-refractivity contribution < 1.29 is 4.74 Å². The van der Waals surface area contributed by atoms with E-state index in [-0.39, 0.29) is 0 Å². The zero-order chi connectivity index (χ0) is 14.4. The molecule has 0 aliphatic carbocycles. The highest BCUT2D eigenvalue weighted by molar-refractivity contribution is 5.28. The van der Waals surface area contributed by atoms with Crippen LogP contribution in [0.15, 0.2) is 24.3 Å². The lowest BCUT2D eigenvalue weighted by atomic mass is 9.98. The Morgan fingerprint density at radius 3 is 2.90 bits per heavy atom. The van der Waals surface area contributed by atoms with Crippen molar-refractivity contribution in [3.05, 3.63) is 35.4 Å². The maximum Gasteiger partial charge on any atom is 0.0700 e. The van der Waals surface area contributed by atoms with Crippen molar-refractivity contribution in [2.75, 3.05) is 33.3 Å². The Morgan fingerprint density at radius 1 is 1.40 bits per heavy atom. The van der Waals surface area contributed by atoms with Crippen LogP contribution in [0.2, 0.25) is 0 Å². The molecule has 20 heavy (non-hydrogen) atoms. The molecule has 112 valence electrons. The Balaban J connectivity index is 1.89. The molecule has 1 aromatic rings. The highest BCUT2D eigenvalue weighted by atomic mass is 16.5. The molecule has 1 saturated heterocycles. The van der Waals surface area contributed by atoms with Crippen LogP contribution in [0.3, 0.4) is 0 Å². The summed E-state index contributed by atoms with van der Waals surface area (Å²) >= 11 is 0. The van der Waals surface area contributed by atoms with Gasteiger partial charge >= 0.3 is 0 Å². The van der Waals surface area contributed by atoms with Gasteiger partial charge < -0.3 is 10.1 Å². The molecule has 0 aromatic heterocycles. The van der Waals surface area contributed by atoms with Gasteiger partial charge in [0.05, 0.1) is 12.7 Å². The minimum atomic E-state index is 0.426. The summed E-state index contributed by atoms with van der Waals surface area (Å²) in [6.45, 7) is 8.58. The molecule has 3 nitrogen and oxygen atoms in total. The molecular weight excluding hydrogens is 248 g/mol. The van der Waals surface area contributed by atoms with Crippen molar-refractivity contribution in [1.29, 1.82) is 0 Å². The van der Waals surface area contributed by atoms with Crippen LogP contribution >= 0.6 is 0 Å². The van der Waals surface area contributed by atoms with E-state index < -0.39 is 0 Å². The highest BCUT2D eigenvalue weighted by Gasteiger charge is 2.20. The van der Waals surface area contributed by atoms with Crippen LogP contribution in [0, 0.1) is 6.92 Å². The van der Waals surface area contributed by atoms with E-state index in [0.29, 0.717) is 12.1 Å². The Bertz CT molecular complexity index is 408. The maximum atomic E-state index is 5.74. The fraction of sp³-hybridized carbons (Fsp3) is 0.647. The van der Waals surface area contributed by atoms with Gasteiger partial charge in [0.1, 0.15) is 0 Å². The van der Waals surface area contributed by atoms with Crippen LogP contribution in [-0.2, 0) is 4.74 Å². The Morgan fingerprint density at radius 2 is 2.20 bits per heavy atom. The third kappa shape index (κ3) is 4.05. The molecule has 1 aliphatic heterocycles. The number of ether oxygens (including phenoxy) is 1. The van der Waals surface area contributed by atoms with Crippen molar-refractivity contribution >= 4 is 0 Å². The van der Waals surface area contributed by atoms with Gasteiger partial charge in [-0.15, -0.1) is 0 Å². The van der Waals surface area contributed by atoms with Gasteiger partial charge in [0, 0.05) is 25.7 Å². The molecule has 1 aliphatic rings. The van der Waals surface area contributed by atoms with Crippen LogP contribution in [-0.4, -0.2) is 44.3 Å². The first-order chi connectivity index (χ1) is 9.74. The number of benzene rings is 1. The fourth-order valence-electron chi connectivity index (χ4n) is 2.98. The summed E-state index contributed by atoms with van der Waals surface area (Å²) in [5.41, 5.74) is 2.80. The van der Waals surface area contributed by atoms with Crippen LogP contribution in [0.5, 0.6) is 0 Å². The molecule has 1 aromatic carbocycles. The Hall–Kier alpha value is -0.900. The summed E-state index contributed by atoms with van der Waals surface area (Å²) in [6.07, 6.45) is 2.69. The van der Waals surface area contributed by atoms with Gasteiger partial charge in [-0.1, -0.05) is 31.2 Å². The van der Waals surface area contributed by atoms with Crippen molar-refractivity contribution in [1.82, 2.24) is 10.2 Å². The standard InChI is InChI=1S/C17H28N2O/c1-4-15-13-19(11-12-20-15)10-9-17(18-3)16-8-6-5-7-14(16)2/h5-8,15,17-18H,4,9-13H2,1-3H3. The summed E-state index contributed by atoms with van der Waals surface area (Å²) < 4.78 is 5.74. The fourth-order valence-corrected chi connectivity index (χ4v) is 2.98. The maximum absolute atomic E-state index is 5.74. The molecule has 0 radical (unpaired) electrons. The second kappa shape index (κ2) is 7.77. The number of aryl methyl sites for hydroxylation is 1. The lowest BCUT2D eigenvalue weighted by molar-refractivity contribution is -0.0304. The summed E-state index contributed by atoms with van der Waals surface area (Å²) in [5.74, 6) is 0. The molecule has 0 bridgehead atoms. The first-order valence-electron chi connectivity index (χ1n) is 7.81. The molecule has 0 amide bonds. The van der Waals surface area contributed by atoms with Gasteiger partial charge in [0.2, 0.25) is 0 Å². The first-order valence-corrected chi connectivity index (χ1v) is 7.81. The molecule has 1 heterocycles. The van der Waals surface area contributed by atoms with E-state index in [2.05, 4.69) is 55.4 Å². The van der Waals surface area contributed by atoms with E-state index in [4.69, 9.17) is 4.74 Å². The average Bonchev–Trinajstić information content (AvgIpc) is 2.49. The predicted molar refractivity (Wildman–Crippen MR) is 84.1 cm³/mol. The number of nitrogens with one attached hydrogen (secondary N) is 1. The van der Waals surface area contributed by atoms with Crippen molar-refractivity contribution in [2.24, 2.45) is 0 Å². The van der Waals surface area contributed by atoms with Gasteiger partial charge in [0.15, 0.2) is 0 Å². The second-order valence-electron chi connectivity index (χ2n) is 5.69. The van der Waals surface area contributed by atoms with Crippen LogP contribution in [0.4, 0.5) is 0 Å². The number of hydrogen-bond donors (Lipinski definition) is 1. The largest absolute Gasteiger partial charge is 0.376 e. The normalized spacial score (nSPS) is 21.9. The number of morpholine rings is 1. The molecule has 1 N–H and O–H groups in total. The van der Waals surface area contributed by atoms with E-state index in [0.717, 1.165) is 39.1 Å². The zero-order valence-electron chi connectivity index (χ0n) is 13.1. The molecule has 0 spiro atoms. The van der Waals surface area contributed by atoms with Crippen LogP contribution < -0.4 is 5.32 Å². The topological polar surface area (TPSA) is 24.5 Å². The van der Waals surface area contributed by atoms with E-state index in [9.17, 15) is 0 Å². The second-order valence-corrected chi connectivity index (χ2v) is 5.69. The molecule has 3 heteroatoms. The summed E-state index contributed by atoms with van der Waals surface area (Å²) in [7, 11) is 2.06. The third-order valence-electron chi connectivity index (χ3n) is 4.32. The van der Waals surface area contributed by atoms with Gasteiger partial charge in [-0.05, 0) is 37.9 Å². The summed E-state index contributed by atoms with van der Waals surface area (Å²) in [6, 6.07) is 9.12. The van der Waals surface area contributed by atoms with Crippen molar-refractivity contribution in [3.8, 4) is 0 Å². The van der Waals surface area contributed by atoms with Gasteiger partial charge in [-0.25, -0.2) is 0 Å². The van der Waals surface area contributed by atoms with E-state index in [1.807, 2.05) is 0 Å². The van der Waals surface area contributed by atoms with Gasteiger partial charge in [-0.3, -0.25) is 4.90 Å². The molecule has 2 rings (SSSR count). The molecular formula is C17H28N2O. The first kappa shape index (κ1) is 15.5. The number of hydrogen-bond acceptors (Lipinski definition) is 3. The summed E-state index contributed by atoms with van der Waals surface area (Å²) in [5, 5.41) is 3.47. The zero-order valence-corrected chi connectivity index (χ0v) is 13.1. The van der Waals surface area contributed by atoms with Crippen LogP contribution in [0.1, 0.15) is 36.9 Å². The van der Waals surface area contributed by atoms with E-state index in [1.165, 1.54) is 11.1 Å². The lowest BCUT2D eigenvalue weighted by Gasteiger charge is -2.33. The minimum absolute atomic E-state index is 0.426. The number of rotatable bonds is 6. The van der Waals surface area contributed by atoms with Crippen molar-refractivity contribution in [3.63, 3.8) is 0 Å². The van der Waals surface area contributed by atoms with Crippen LogP contribution in [0.25, 0.3) is 0 Å². The average molecular weight is 276 g/mol. The molecule has 1 fully saturated rings. The highest BCUT2D eigenvalue weighted by Crippen LogP contribution is 2.21. The smallest absolute Gasteiger partial charge is 0.0700 e. The summed E-state index contributed by atoms with van der Waals surface area (Å²) in [4.78, 5) is 2.54.